The number of nitrogens with two attached hydrogens (primary N) is 1. The van der Waals surface area contributed by atoms with E-state index >= 15 is 0 Å². The van der Waals surface area contributed by atoms with Crippen molar-refractivity contribution in [3.05, 3.63) is 28.1 Å². The number of amides is 1. The monoisotopic (exact) mass is 254 g/mol. The highest BCUT2D eigenvalue weighted by atomic mass is 16.6. The number of hydrogen-bond donors (Lipinski definition) is 3. The summed E-state index contributed by atoms with van der Waals surface area (Å²) in [6.07, 6.45) is 4.01. The van der Waals surface area contributed by atoms with Gasteiger partial charge in [0, 0.05) is 18.7 Å². The van der Waals surface area contributed by atoms with Crippen molar-refractivity contribution in [2.75, 3.05) is 6.54 Å². The maximum atomic E-state index is 11.8. The van der Waals surface area contributed by atoms with Gasteiger partial charge >= 0.3 is 0 Å². The van der Waals surface area contributed by atoms with E-state index in [9.17, 15) is 14.9 Å². The van der Waals surface area contributed by atoms with Gasteiger partial charge in [0.05, 0.1) is 11.1 Å². The molecule has 1 aromatic heterocycles. The van der Waals surface area contributed by atoms with E-state index in [0.717, 1.165) is 19.3 Å². The first-order chi connectivity index (χ1) is 8.58. The van der Waals surface area contributed by atoms with Crippen LogP contribution in [-0.2, 0) is 0 Å². The highest BCUT2D eigenvalue weighted by Crippen LogP contribution is 2.12. The third-order valence-corrected chi connectivity index (χ3v) is 2.65. The van der Waals surface area contributed by atoms with E-state index in [-0.39, 0.29) is 23.3 Å². The van der Waals surface area contributed by atoms with Crippen molar-refractivity contribution in [1.29, 1.82) is 0 Å². The van der Waals surface area contributed by atoms with E-state index in [4.69, 9.17) is 5.73 Å². The Morgan fingerprint density at radius 3 is 2.89 bits per heavy atom. The average Bonchev–Trinajstić information content (AvgIpc) is 2.83. The Balaban J connectivity index is 2.59. The largest absolute Gasteiger partial charge is 0.351 e. The summed E-state index contributed by atoms with van der Waals surface area (Å²) in [4.78, 5) is 24.3. The summed E-state index contributed by atoms with van der Waals surface area (Å²) in [7, 11) is 0. The Labute approximate surface area is 105 Å². The van der Waals surface area contributed by atoms with Crippen molar-refractivity contribution in [2.24, 2.45) is 5.73 Å². The number of hydrogen-bond acceptors (Lipinski definition) is 4. The first-order valence-corrected chi connectivity index (χ1v) is 5.92. The van der Waals surface area contributed by atoms with E-state index in [1.807, 2.05) is 0 Å². The number of nitrogens with one attached hydrogen (secondary N) is 2. The van der Waals surface area contributed by atoms with Crippen LogP contribution in [0.15, 0.2) is 12.3 Å². The highest BCUT2D eigenvalue weighted by molar-refractivity contribution is 5.93. The fourth-order valence-corrected chi connectivity index (χ4v) is 1.58. The number of unbranched alkanes of at least 4 members (excludes halogenated alkanes) is 1. The number of nitro groups is 1. The lowest BCUT2D eigenvalue weighted by Crippen LogP contribution is -2.40. The van der Waals surface area contributed by atoms with Crippen molar-refractivity contribution in [2.45, 2.75) is 32.2 Å². The first-order valence-electron chi connectivity index (χ1n) is 5.92. The number of carbonyl (C=O) groups is 1. The minimum Gasteiger partial charge on any atom is -0.351 e. The van der Waals surface area contributed by atoms with Crippen molar-refractivity contribution in [1.82, 2.24) is 10.3 Å². The Morgan fingerprint density at radius 1 is 1.67 bits per heavy atom. The number of nitrogens with zero attached hydrogens (tertiary/aromatic N) is 1. The lowest BCUT2D eigenvalue weighted by Gasteiger charge is -2.15. The molecular weight excluding hydrogens is 236 g/mol. The summed E-state index contributed by atoms with van der Waals surface area (Å²) in [6, 6.07) is 1.11. The third-order valence-electron chi connectivity index (χ3n) is 2.65. The molecule has 0 aliphatic rings. The molecule has 0 aliphatic heterocycles. The molecular formula is C11H18N4O3. The second-order valence-electron chi connectivity index (χ2n) is 4.08. The maximum Gasteiger partial charge on any atom is 0.287 e. The number of rotatable bonds is 7. The molecule has 0 aliphatic carbocycles. The molecule has 1 aromatic rings. The number of aromatic amines is 1. The summed E-state index contributed by atoms with van der Waals surface area (Å²) in [5.74, 6) is -0.366. The number of carbonyl (C=O) groups excluding carboxylic acids is 1. The van der Waals surface area contributed by atoms with E-state index < -0.39 is 4.92 Å². The van der Waals surface area contributed by atoms with Crippen LogP contribution in [0.4, 0.5) is 5.69 Å². The molecule has 0 saturated heterocycles. The Bertz CT molecular complexity index is 416. The summed E-state index contributed by atoms with van der Waals surface area (Å²) in [6.45, 7) is 2.41. The van der Waals surface area contributed by atoms with Crippen LogP contribution < -0.4 is 11.1 Å². The zero-order valence-electron chi connectivity index (χ0n) is 10.3. The zero-order chi connectivity index (χ0) is 13.5. The van der Waals surface area contributed by atoms with Gasteiger partial charge in [-0.15, -0.1) is 0 Å². The summed E-state index contributed by atoms with van der Waals surface area (Å²) >= 11 is 0. The SMILES string of the molecule is CCCCC(CN)NC(=O)c1cc([N+](=O)[O-])c[nH]1. The van der Waals surface area contributed by atoms with Gasteiger partial charge in [-0.3, -0.25) is 14.9 Å². The molecule has 0 radical (unpaired) electrons. The third kappa shape index (κ3) is 3.85. The van der Waals surface area contributed by atoms with Crippen LogP contribution in [0.2, 0.25) is 0 Å². The van der Waals surface area contributed by atoms with Gasteiger partial charge in [0.2, 0.25) is 0 Å². The van der Waals surface area contributed by atoms with Crippen molar-refractivity contribution < 1.29 is 9.72 Å². The fourth-order valence-electron chi connectivity index (χ4n) is 1.58. The summed E-state index contributed by atoms with van der Waals surface area (Å²) in [5, 5.41) is 13.2. The van der Waals surface area contributed by atoms with Crippen LogP contribution >= 0.6 is 0 Å². The maximum absolute atomic E-state index is 11.8. The minimum absolute atomic E-state index is 0.0974. The van der Waals surface area contributed by atoms with Crippen molar-refractivity contribution >= 4 is 11.6 Å². The van der Waals surface area contributed by atoms with E-state index in [1.165, 1.54) is 12.3 Å². The summed E-state index contributed by atoms with van der Waals surface area (Å²) in [5.41, 5.74) is 5.61. The molecule has 7 heteroatoms. The van der Waals surface area contributed by atoms with Crippen LogP contribution in [0, 0.1) is 10.1 Å². The van der Waals surface area contributed by atoms with Crippen LogP contribution in [0.3, 0.4) is 0 Å². The first kappa shape index (κ1) is 14.2. The molecule has 0 aromatic carbocycles. The molecule has 0 bridgehead atoms. The molecule has 1 atom stereocenters. The van der Waals surface area contributed by atoms with Gasteiger partial charge in [0.1, 0.15) is 5.69 Å². The average molecular weight is 254 g/mol. The highest BCUT2D eigenvalue weighted by Gasteiger charge is 2.16. The number of aromatic nitrogens is 1. The van der Waals surface area contributed by atoms with Crippen molar-refractivity contribution in [3.63, 3.8) is 0 Å². The standard InChI is InChI=1S/C11H18N4O3/c1-2-3-4-8(6-12)14-11(16)10-5-9(7-13-10)15(17)18/h5,7-8,13H,2-4,6,12H2,1H3,(H,14,16). The lowest BCUT2D eigenvalue weighted by molar-refractivity contribution is -0.384. The van der Waals surface area contributed by atoms with Crippen LogP contribution in [0.25, 0.3) is 0 Å². The molecule has 0 saturated carbocycles. The molecule has 7 nitrogen and oxygen atoms in total. The van der Waals surface area contributed by atoms with Crippen LogP contribution in [-0.4, -0.2) is 28.4 Å². The minimum atomic E-state index is -0.551. The zero-order valence-corrected chi connectivity index (χ0v) is 10.3. The van der Waals surface area contributed by atoms with Gasteiger partial charge in [0.15, 0.2) is 0 Å². The lowest BCUT2D eigenvalue weighted by atomic mass is 10.1. The topological polar surface area (TPSA) is 114 Å². The van der Waals surface area contributed by atoms with Crippen LogP contribution in [0.5, 0.6) is 0 Å². The molecule has 18 heavy (non-hydrogen) atoms. The Hall–Kier alpha value is -1.89. The van der Waals surface area contributed by atoms with Crippen molar-refractivity contribution in [3.8, 4) is 0 Å². The van der Waals surface area contributed by atoms with E-state index in [1.54, 1.807) is 0 Å². The van der Waals surface area contributed by atoms with Gasteiger partial charge in [-0.05, 0) is 6.42 Å². The van der Waals surface area contributed by atoms with Gasteiger partial charge < -0.3 is 16.0 Å². The van der Waals surface area contributed by atoms with Gasteiger partial charge in [-0.1, -0.05) is 19.8 Å². The number of H-pyrrole nitrogens is 1. The molecule has 1 amide bonds. The predicted octanol–water partition coefficient (Wildman–Crippen LogP) is 1.17. The molecule has 1 rings (SSSR count). The molecule has 4 N–H and O–H groups in total. The molecule has 1 heterocycles. The van der Waals surface area contributed by atoms with Gasteiger partial charge in [0.25, 0.3) is 11.6 Å². The smallest absolute Gasteiger partial charge is 0.287 e. The molecule has 0 spiro atoms. The van der Waals surface area contributed by atoms with Crippen LogP contribution in [0.1, 0.15) is 36.7 Å². The Morgan fingerprint density at radius 2 is 2.39 bits per heavy atom. The molecule has 0 fully saturated rings. The van der Waals surface area contributed by atoms with Gasteiger partial charge in [-0.2, -0.15) is 0 Å². The quantitative estimate of drug-likeness (QED) is 0.500. The fraction of sp³-hybridized carbons (Fsp3) is 0.545. The summed E-state index contributed by atoms with van der Waals surface area (Å²) < 4.78 is 0. The predicted molar refractivity (Wildman–Crippen MR) is 67.3 cm³/mol. The second-order valence-corrected chi connectivity index (χ2v) is 4.08. The molecule has 1 unspecified atom stereocenters. The second kappa shape index (κ2) is 6.75. The van der Waals surface area contributed by atoms with E-state index in [2.05, 4.69) is 17.2 Å². The molecule has 100 valence electrons. The van der Waals surface area contributed by atoms with Gasteiger partial charge in [-0.25, -0.2) is 0 Å². The normalized spacial score (nSPS) is 12.1. The van der Waals surface area contributed by atoms with E-state index in [0.29, 0.717) is 6.54 Å². The Kier molecular flexibility index (Phi) is 5.31.